The summed E-state index contributed by atoms with van der Waals surface area (Å²) in [5.41, 5.74) is 7.54. The van der Waals surface area contributed by atoms with Crippen molar-refractivity contribution in [1.82, 2.24) is 0 Å². The Labute approximate surface area is 118 Å². The minimum Gasteiger partial charge on any atom is -0.494 e. The number of hydrogen-bond acceptors (Lipinski definition) is 2. The maximum atomic E-state index is 5.92. The number of aryl methyl sites for hydroxylation is 1. The Hall–Kier alpha value is -1.02. The first kappa shape index (κ1) is 16.0. The average Bonchev–Trinajstić information content (AvgIpc) is 2.45. The molecule has 0 atom stereocenters. The lowest BCUT2D eigenvalue weighted by Crippen LogP contribution is -2.29. The largest absolute Gasteiger partial charge is 0.494 e. The number of ether oxygens (including phenoxy) is 1. The number of unbranched alkanes of at least 4 members (excludes halogenated alkanes) is 1. The first-order valence-corrected chi connectivity index (χ1v) is 7.55. The van der Waals surface area contributed by atoms with E-state index in [4.69, 9.17) is 10.5 Å². The van der Waals surface area contributed by atoms with Crippen LogP contribution in [0.1, 0.15) is 51.5 Å². The van der Waals surface area contributed by atoms with Crippen LogP contribution < -0.4 is 10.5 Å². The second-order valence-corrected chi connectivity index (χ2v) is 5.53. The van der Waals surface area contributed by atoms with Crippen molar-refractivity contribution in [2.45, 2.75) is 52.9 Å². The normalized spacial score (nSPS) is 11.6. The van der Waals surface area contributed by atoms with Crippen LogP contribution in [0.3, 0.4) is 0 Å². The molecule has 0 unspecified atom stereocenters. The lowest BCUT2D eigenvalue weighted by molar-refractivity contribution is 0.228. The highest BCUT2D eigenvalue weighted by Crippen LogP contribution is 2.31. The summed E-state index contributed by atoms with van der Waals surface area (Å²) in [6.45, 7) is 8.19. The third-order valence-corrected chi connectivity index (χ3v) is 4.32. The van der Waals surface area contributed by atoms with E-state index in [1.165, 1.54) is 31.2 Å². The molecular formula is C17H29NO. The molecule has 0 aliphatic heterocycles. The number of nitrogens with two attached hydrogens (primary N) is 1. The van der Waals surface area contributed by atoms with E-state index < -0.39 is 0 Å². The van der Waals surface area contributed by atoms with Gasteiger partial charge in [-0.05, 0) is 63.1 Å². The lowest BCUT2D eigenvalue weighted by Gasteiger charge is -2.30. The Kier molecular flexibility index (Phi) is 6.93. The van der Waals surface area contributed by atoms with Crippen LogP contribution in [0.25, 0.3) is 0 Å². The van der Waals surface area contributed by atoms with Gasteiger partial charge >= 0.3 is 0 Å². The highest BCUT2D eigenvalue weighted by Gasteiger charge is 2.23. The molecule has 0 aliphatic rings. The van der Waals surface area contributed by atoms with Crippen LogP contribution in [0.5, 0.6) is 5.75 Å². The molecule has 0 saturated heterocycles. The third kappa shape index (κ3) is 5.23. The van der Waals surface area contributed by atoms with Gasteiger partial charge < -0.3 is 10.5 Å². The topological polar surface area (TPSA) is 35.2 Å². The number of benzene rings is 1. The Bertz CT molecular complexity index is 333. The second-order valence-electron chi connectivity index (χ2n) is 5.53. The van der Waals surface area contributed by atoms with Gasteiger partial charge in [-0.2, -0.15) is 0 Å². The zero-order valence-corrected chi connectivity index (χ0v) is 12.7. The lowest BCUT2D eigenvalue weighted by atomic mass is 9.78. The van der Waals surface area contributed by atoms with Crippen molar-refractivity contribution in [1.29, 1.82) is 0 Å². The van der Waals surface area contributed by atoms with Gasteiger partial charge in [-0.3, -0.25) is 0 Å². The molecule has 2 nitrogen and oxygen atoms in total. The molecule has 1 aromatic carbocycles. The maximum absolute atomic E-state index is 5.92. The van der Waals surface area contributed by atoms with Crippen LogP contribution in [-0.4, -0.2) is 13.2 Å². The van der Waals surface area contributed by atoms with Crippen molar-refractivity contribution in [2.75, 3.05) is 13.2 Å². The Morgan fingerprint density at radius 2 is 1.68 bits per heavy atom. The van der Waals surface area contributed by atoms with Gasteiger partial charge in [-0.15, -0.1) is 0 Å². The molecule has 19 heavy (non-hydrogen) atoms. The van der Waals surface area contributed by atoms with E-state index in [1.807, 2.05) is 12.1 Å². The van der Waals surface area contributed by atoms with Gasteiger partial charge in [0.25, 0.3) is 0 Å². The molecular weight excluding hydrogens is 234 g/mol. The molecule has 1 aromatic rings. The Balaban J connectivity index is 2.22. The van der Waals surface area contributed by atoms with Crippen LogP contribution in [0, 0.1) is 12.3 Å². The van der Waals surface area contributed by atoms with Gasteiger partial charge in [0.15, 0.2) is 0 Å². The van der Waals surface area contributed by atoms with E-state index in [9.17, 15) is 0 Å². The maximum Gasteiger partial charge on any atom is 0.119 e. The number of rotatable bonds is 9. The zero-order chi connectivity index (χ0) is 14.1. The monoisotopic (exact) mass is 263 g/mol. The fraction of sp³-hybridized carbons (Fsp3) is 0.647. The minimum atomic E-state index is 0.351. The van der Waals surface area contributed by atoms with Gasteiger partial charge in [0, 0.05) is 0 Å². The smallest absolute Gasteiger partial charge is 0.119 e. The van der Waals surface area contributed by atoms with E-state index in [0.717, 1.165) is 25.3 Å². The van der Waals surface area contributed by atoms with Crippen molar-refractivity contribution in [3.8, 4) is 5.75 Å². The second kappa shape index (κ2) is 8.21. The van der Waals surface area contributed by atoms with Gasteiger partial charge in [0.1, 0.15) is 5.75 Å². The van der Waals surface area contributed by atoms with Gasteiger partial charge in [-0.25, -0.2) is 0 Å². The molecule has 0 aromatic heterocycles. The van der Waals surface area contributed by atoms with Crippen molar-refractivity contribution < 1.29 is 4.74 Å². The summed E-state index contributed by atoms with van der Waals surface area (Å²) in [5.74, 6) is 0.974. The van der Waals surface area contributed by atoms with Crippen molar-refractivity contribution in [2.24, 2.45) is 11.1 Å². The summed E-state index contributed by atoms with van der Waals surface area (Å²) in [6.07, 6.45) is 5.88. The zero-order valence-electron chi connectivity index (χ0n) is 12.7. The molecule has 1 rings (SSSR count). The molecule has 0 heterocycles. The minimum absolute atomic E-state index is 0.351. The molecule has 0 aliphatic carbocycles. The summed E-state index contributed by atoms with van der Waals surface area (Å²) < 4.78 is 5.75. The first-order chi connectivity index (χ1) is 9.15. The standard InChI is InChI=1S/C17H29NO/c1-4-17(5-2,14-18)12-6-7-13-19-16-10-8-15(3)9-11-16/h8-11H,4-7,12-14,18H2,1-3H3. The van der Waals surface area contributed by atoms with E-state index >= 15 is 0 Å². The summed E-state index contributed by atoms with van der Waals surface area (Å²) in [4.78, 5) is 0. The fourth-order valence-corrected chi connectivity index (χ4v) is 2.42. The summed E-state index contributed by atoms with van der Waals surface area (Å²) in [5, 5.41) is 0. The third-order valence-electron chi connectivity index (χ3n) is 4.32. The van der Waals surface area contributed by atoms with Crippen LogP contribution in [0.15, 0.2) is 24.3 Å². The summed E-state index contributed by atoms with van der Waals surface area (Å²) in [7, 11) is 0. The van der Waals surface area contributed by atoms with Crippen LogP contribution in [0.4, 0.5) is 0 Å². The molecule has 0 saturated carbocycles. The number of hydrogen-bond donors (Lipinski definition) is 1. The fourth-order valence-electron chi connectivity index (χ4n) is 2.42. The van der Waals surface area contributed by atoms with Gasteiger partial charge in [0.2, 0.25) is 0 Å². The first-order valence-electron chi connectivity index (χ1n) is 7.55. The Morgan fingerprint density at radius 3 is 2.21 bits per heavy atom. The molecule has 0 amide bonds. The van der Waals surface area contributed by atoms with Crippen LogP contribution >= 0.6 is 0 Å². The molecule has 0 radical (unpaired) electrons. The molecule has 0 bridgehead atoms. The molecule has 2 N–H and O–H groups in total. The predicted molar refractivity (Wildman–Crippen MR) is 82.6 cm³/mol. The SMILES string of the molecule is CCC(CC)(CN)CCCCOc1ccc(C)cc1. The summed E-state index contributed by atoms with van der Waals surface area (Å²) >= 11 is 0. The van der Waals surface area contributed by atoms with E-state index in [1.54, 1.807) is 0 Å². The summed E-state index contributed by atoms with van der Waals surface area (Å²) in [6, 6.07) is 8.25. The highest BCUT2D eigenvalue weighted by molar-refractivity contribution is 5.26. The van der Waals surface area contributed by atoms with Gasteiger partial charge in [0.05, 0.1) is 6.61 Å². The van der Waals surface area contributed by atoms with E-state index in [-0.39, 0.29) is 0 Å². The van der Waals surface area contributed by atoms with Crippen molar-refractivity contribution >= 4 is 0 Å². The van der Waals surface area contributed by atoms with E-state index in [2.05, 4.69) is 32.9 Å². The van der Waals surface area contributed by atoms with Gasteiger partial charge in [-0.1, -0.05) is 31.5 Å². The molecule has 2 heteroatoms. The average molecular weight is 263 g/mol. The van der Waals surface area contributed by atoms with Crippen molar-refractivity contribution in [3.63, 3.8) is 0 Å². The predicted octanol–water partition coefficient (Wildman–Crippen LogP) is 4.31. The highest BCUT2D eigenvalue weighted by atomic mass is 16.5. The quantitative estimate of drug-likeness (QED) is 0.674. The van der Waals surface area contributed by atoms with E-state index in [0.29, 0.717) is 5.41 Å². The molecule has 0 spiro atoms. The molecule has 108 valence electrons. The van der Waals surface area contributed by atoms with Crippen molar-refractivity contribution in [3.05, 3.63) is 29.8 Å². The Morgan fingerprint density at radius 1 is 1.05 bits per heavy atom. The van der Waals surface area contributed by atoms with Crippen LogP contribution in [-0.2, 0) is 0 Å². The van der Waals surface area contributed by atoms with Crippen LogP contribution in [0.2, 0.25) is 0 Å². The molecule has 0 fully saturated rings.